The van der Waals surface area contributed by atoms with E-state index in [1.54, 1.807) is 0 Å². The van der Waals surface area contributed by atoms with Crippen molar-refractivity contribution in [3.8, 4) is 5.75 Å². The number of benzene rings is 1. The van der Waals surface area contributed by atoms with Gasteiger partial charge < -0.3 is 9.84 Å². The zero-order chi connectivity index (χ0) is 16.4. The van der Waals surface area contributed by atoms with Crippen molar-refractivity contribution in [1.29, 1.82) is 0 Å². The number of rotatable bonds is 5. The maximum atomic E-state index is 12.4. The Morgan fingerprint density at radius 1 is 1.24 bits per heavy atom. The van der Waals surface area contributed by atoms with Crippen molar-refractivity contribution in [3.63, 3.8) is 0 Å². The van der Waals surface area contributed by atoms with Crippen LogP contribution in [0.1, 0.15) is 31.1 Å². The minimum absolute atomic E-state index is 0.00507. The number of aliphatic carboxylic acids is 1. The monoisotopic (exact) mass is 330 g/mol. The molecule has 21 heavy (non-hydrogen) atoms. The number of halogens is 2. The summed E-state index contributed by atoms with van der Waals surface area (Å²) in [7, 11) is 0. The van der Waals surface area contributed by atoms with Crippen LogP contribution in [0.5, 0.6) is 5.75 Å². The Labute approximate surface area is 133 Å². The molecular weight excluding hydrogens is 315 g/mol. The molecule has 1 aromatic rings. The summed E-state index contributed by atoms with van der Waals surface area (Å²) in [6.45, 7) is 8.86. The van der Waals surface area contributed by atoms with Gasteiger partial charge in [-0.1, -0.05) is 50.6 Å². The lowest BCUT2D eigenvalue weighted by Gasteiger charge is -2.21. The van der Waals surface area contributed by atoms with Crippen LogP contribution in [0.2, 0.25) is 10.0 Å². The number of Topliss-reactive ketones (excluding diaryl/α,β-unsaturated/α-hetero) is 1. The van der Waals surface area contributed by atoms with Crippen LogP contribution in [0.4, 0.5) is 0 Å². The van der Waals surface area contributed by atoms with E-state index < -0.39 is 18.0 Å². The molecule has 0 aromatic heterocycles. The molecule has 0 bridgehead atoms. The normalized spacial score (nSPS) is 11.1. The van der Waals surface area contributed by atoms with Gasteiger partial charge in [0, 0.05) is 5.56 Å². The van der Waals surface area contributed by atoms with Crippen molar-refractivity contribution in [2.24, 2.45) is 5.41 Å². The van der Waals surface area contributed by atoms with Crippen LogP contribution in [-0.2, 0) is 4.79 Å². The highest BCUT2D eigenvalue weighted by atomic mass is 35.5. The molecule has 0 aliphatic heterocycles. The highest BCUT2D eigenvalue weighted by molar-refractivity contribution is 6.45. The third-order valence-corrected chi connectivity index (χ3v) is 3.69. The first-order valence-electron chi connectivity index (χ1n) is 6.12. The van der Waals surface area contributed by atoms with E-state index in [1.165, 1.54) is 12.1 Å². The molecule has 6 heteroatoms. The average Bonchev–Trinajstić information content (AvgIpc) is 2.37. The van der Waals surface area contributed by atoms with Gasteiger partial charge in [0.1, 0.15) is 10.8 Å². The molecule has 1 rings (SSSR count). The minimum Gasteiger partial charge on any atom is -0.480 e. The molecule has 0 aliphatic rings. The standard InChI is InChI=1S/C15H16Cl2O4/c1-8(15(2,3)4)14(20)9-5-6-10(13(17)12(9)16)21-7-11(18)19/h5-6H,1,7H2,2-4H3,(H,18,19). The molecule has 4 nitrogen and oxygen atoms in total. The van der Waals surface area contributed by atoms with Crippen LogP contribution in [-0.4, -0.2) is 23.5 Å². The molecule has 0 heterocycles. The number of hydrogen-bond acceptors (Lipinski definition) is 3. The van der Waals surface area contributed by atoms with E-state index in [-0.39, 0.29) is 27.1 Å². The van der Waals surface area contributed by atoms with E-state index in [0.717, 1.165) is 0 Å². The van der Waals surface area contributed by atoms with Crippen molar-refractivity contribution in [1.82, 2.24) is 0 Å². The Morgan fingerprint density at radius 2 is 1.81 bits per heavy atom. The molecule has 0 saturated heterocycles. The van der Waals surface area contributed by atoms with Crippen molar-refractivity contribution in [2.75, 3.05) is 6.61 Å². The molecule has 0 radical (unpaired) electrons. The molecule has 0 fully saturated rings. The lowest BCUT2D eigenvalue weighted by Crippen LogP contribution is -2.17. The van der Waals surface area contributed by atoms with E-state index >= 15 is 0 Å². The van der Waals surface area contributed by atoms with Gasteiger partial charge in [-0.25, -0.2) is 4.79 Å². The summed E-state index contributed by atoms with van der Waals surface area (Å²) < 4.78 is 4.99. The van der Waals surface area contributed by atoms with Crippen LogP contribution in [0.3, 0.4) is 0 Å². The van der Waals surface area contributed by atoms with Crippen LogP contribution in [0, 0.1) is 5.41 Å². The zero-order valence-corrected chi connectivity index (χ0v) is 13.5. The Hall–Kier alpha value is -1.52. The van der Waals surface area contributed by atoms with Gasteiger partial charge in [-0.15, -0.1) is 0 Å². The summed E-state index contributed by atoms with van der Waals surface area (Å²) in [4.78, 5) is 22.8. The number of ether oxygens (including phenoxy) is 1. The van der Waals surface area contributed by atoms with Crippen LogP contribution in [0.25, 0.3) is 0 Å². The van der Waals surface area contributed by atoms with Crippen LogP contribution >= 0.6 is 23.2 Å². The number of carboxylic acids is 1. The topological polar surface area (TPSA) is 63.6 Å². The van der Waals surface area contributed by atoms with Gasteiger partial charge in [0.2, 0.25) is 0 Å². The Bertz CT molecular complexity index is 600. The highest BCUT2D eigenvalue weighted by Gasteiger charge is 2.25. The molecule has 114 valence electrons. The molecule has 0 amide bonds. The molecule has 0 atom stereocenters. The number of carboxylic acid groups (broad SMARTS) is 1. The average molecular weight is 331 g/mol. The summed E-state index contributed by atoms with van der Waals surface area (Å²) in [5.74, 6) is -1.33. The first kappa shape index (κ1) is 17.5. The van der Waals surface area contributed by atoms with E-state index in [1.807, 2.05) is 20.8 Å². The molecule has 1 N–H and O–H groups in total. The number of ketones is 1. The van der Waals surface area contributed by atoms with Gasteiger partial charge in [0.15, 0.2) is 12.4 Å². The van der Waals surface area contributed by atoms with E-state index in [0.29, 0.717) is 5.57 Å². The van der Waals surface area contributed by atoms with Gasteiger partial charge in [0.25, 0.3) is 0 Å². The first-order chi connectivity index (χ1) is 9.55. The van der Waals surface area contributed by atoms with Crippen LogP contribution < -0.4 is 4.74 Å². The van der Waals surface area contributed by atoms with Gasteiger partial charge in [-0.05, 0) is 23.1 Å². The third-order valence-electron chi connectivity index (χ3n) is 2.82. The Kier molecular flexibility index (Phi) is 5.42. The number of carbonyl (C=O) groups is 2. The predicted molar refractivity (Wildman–Crippen MR) is 82.5 cm³/mol. The molecule has 1 aromatic carbocycles. The number of carbonyl (C=O) groups excluding carboxylic acids is 1. The quantitative estimate of drug-likeness (QED) is 0.647. The van der Waals surface area contributed by atoms with Gasteiger partial charge in [0.05, 0.1) is 5.02 Å². The second-order valence-corrected chi connectivity index (χ2v) is 6.24. The SMILES string of the molecule is C=C(C(=O)c1ccc(OCC(=O)O)c(Cl)c1Cl)C(C)(C)C. The fourth-order valence-electron chi connectivity index (χ4n) is 1.46. The molecule has 0 aliphatic carbocycles. The second kappa shape index (κ2) is 6.50. The molecule has 0 unspecified atom stereocenters. The summed E-state index contributed by atoms with van der Waals surface area (Å²) in [5, 5.41) is 8.60. The largest absolute Gasteiger partial charge is 0.480 e. The summed E-state index contributed by atoms with van der Waals surface area (Å²) in [5.41, 5.74) is 0.217. The maximum Gasteiger partial charge on any atom is 0.341 e. The summed E-state index contributed by atoms with van der Waals surface area (Å²) >= 11 is 12.1. The second-order valence-electron chi connectivity index (χ2n) is 5.48. The van der Waals surface area contributed by atoms with Crippen molar-refractivity contribution in [3.05, 3.63) is 39.9 Å². The fourth-order valence-corrected chi connectivity index (χ4v) is 1.92. The fraction of sp³-hybridized carbons (Fsp3) is 0.333. The Morgan fingerprint density at radius 3 is 2.29 bits per heavy atom. The van der Waals surface area contributed by atoms with Crippen molar-refractivity contribution < 1.29 is 19.4 Å². The van der Waals surface area contributed by atoms with Gasteiger partial charge in [-0.2, -0.15) is 0 Å². The smallest absolute Gasteiger partial charge is 0.341 e. The number of allylic oxidation sites excluding steroid dienone is 1. The van der Waals surface area contributed by atoms with E-state index in [9.17, 15) is 9.59 Å². The Balaban J connectivity index is 3.13. The van der Waals surface area contributed by atoms with Crippen molar-refractivity contribution in [2.45, 2.75) is 20.8 Å². The summed E-state index contributed by atoms with van der Waals surface area (Å²) in [6, 6.07) is 2.87. The molecule has 0 saturated carbocycles. The summed E-state index contributed by atoms with van der Waals surface area (Å²) in [6.07, 6.45) is 0. The zero-order valence-electron chi connectivity index (χ0n) is 12.0. The predicted octanol–water partition coefficient (Wildman–Crippen LogP) is 4.24. The first-order valence-corrected chi connectivity index (χ1v) is 6.88. The maximum absolute atomic E-state index is 12.4. The lowest BCUT2D eigenvalue weighted by atomic mass is 9.83. The highest BCUT2D eigenvalue weighted by Crippen LogP contribution is 2.37. The van der Waals surface area contributed by atoms with Gasteiger partial charge >= 0.3 is 5.97 Å². The van der Waals surface area contributed by atoms with Gasteiger partial charge in [-0.3, -0.25) is 4.79 Å². The third kappa shape index (κ3) is 4.22. The molecule has 0 spiro atoms. The minimum atomic E-state index is -1.14. The van der Waals surface area contributed by atoms with E-state index in [4.69, 9.17) is 33.0 Å². The van der Waals surface area contributed by atoms with Crippen LogP contribution in [0.15, 0.2) is 24.3 Å². The number of hydrogen-bond donors (Lipinski definition) is 1. The molecular formula is C15H16Cl2O4. The van der Waals surface area contributed by atoms with E-state index in [2.05, 4.69) is 6.58 Å². The lowest BCUT2D eigenvalue weighted by molar-refractivity contribution is -0.139. The van der Waals surface area contributed by atoms with Crippen molar-refractivity contribution >= 4 is 35.0 Å².